The fraction of sp³-hybridized carbons (Fsp3) is 0.100. The Morgan fingerprint density at radius 2 is 1.74 bits per heavy atom. The highest BCUT2D eigenvalue weighted by molar-refractivity contribution is 9.10. The van der Waals surface area contributed by atoms with Gasteiger partial charge in [-0.25, -0.2) is 0 Å². The number of phenols is 1. The molecule has 0 aliphatic heterocycles. The maximum atomic E-state index is 12.2. The average Bonchev–Trinajstić information content (AvgIpc) is 2.64. The van der Waals surface area contributed by atoms with E-state index >= 15 is 0 Å². The van der Waals surface area contributed by atoms with Crippen LogP contribution >= 0.6 is 15.9 Å². The molecule has 0 heterocycles. The van der Waals surface area contributed by atoms with Crippen LogP contribution in [0.15, 0.2) is 59.1 Å². The molecule has 0 unspecified atom stereocenters. The molecule has 7 heteroatoms. The Kier molecular flexibility index (Phi) is 5.61. The molecule has 0 radical (unpaired) electrons. The molecule has 0 atom stereocenters. The highest BCUT2D eigenvalue weighted by Gasteiger charge is 2.13. The zero-order valence-electron chi connectivity index (χ0n) is 14.5. The molecule has 0 saturated carbocycles. The molecule has 138 valence electrons. The summed E-state index contributed by atoms with van der Waals surface area (Å²) in [6.45, 7) is 1.61. The van der Waals surface area contributed by atoms with Crippen molar-refractivity contribution >= 4 is 38.5 Å². The molecule has 6 nitrogen and oxygen atoms in total. The molecule has 0 spiro atoms. The molecule has 2 amide bonds. The lowest BCUT2D eigenvalue weighted by molar-refractivity contribution is -0.123. The maximum absolute atomic E-state index is 12.2. The first-order valence-electron chi connectivity index (χ1n) is 8.14. The second-order valence-corrected chi connectivity index (χ2v) is 6.83. The number of hydrogen-bond donors (Lipinski definition) is 3. The van der Waals surface area contributed by atoms with Gasteiger partial charge in [0.25, 0.3) is 11.8 Å². The number of benzene rings is 3. The second-order valence-electron chi connectivity index (χ2n) is 5.92. The van der Waals surface area contributed by atoms with Crippen molar-refractivity contribution in [2.45, 2.75) is 6.92 Å². The van der Waals surface area contributed by atoms with Crippen molar-refractivity contribution in [3.05, 3.63) is 70.2 Å². The van der Waals surface area contributed by atoms with Gasteiger partial charge in [0, 0.05) is 4.47 Å². The number of amides is 2. The summed E-state index contributed by atoms with van der Waals surface area (Å²) in [5.74, 6) is -0.730. The van der Waals surface area contributed by atoms with E-state index in [2.05, 4.69) is 26.8 Å². The summed E-state index contributed by atoms with van der Waals surface area (Å²) >= 11 is 3.36. The Morgan fingerprint density at radius 1 is 1.04 bits per heavy atom. The predicted octanol–water partition coefficient (Wildman–Crippen LogP) is 3.46. The minimum atomic E-state index is -0.619. The molecule has 3 aromatic rings. The summed E-state index contributed by atoms with van der Waals surface area (Å²) in [5.41, 5.74) is 5.50. The van der Waals surface area contributed by atoms with E-state index in [-0.39, 0.29) is 17.9 Å². The van der Waals surface area contributed by atoms with Gasteiger partial charge in [-0.05, 0) is 53.6 Å². The van der Waals surface area contributed by atoms with Crippen molar-refractivity contribution in [2.24, 2.45) is 0 Å². The molecular weight excluding hydrogens is 412 g/mol. The number of fused-ring (bicyclic) bond motifs is 1. The van der Waals surface area contributed by atoms with Crippen LogP contribution in [0.25, 0.3) is 10.8 Å². The van der Waals surface area contributed by atoms with Crippen LogP contribution in [0.1, 0.15) is 15.9 Å². The first kappa shape index (κ1) is 18.7. The van der Waals surface area contributed by atoms with Crippen molar-refractivity contribution in [3.8, 4) is 11.5 Å². The highest BCUT2D eigenvalue weighted by Crippen LogP contribution is 2.25. The molecule has 0 fully saturated rings. The number of nitrogens with one attached hydrogen (secondary N) is 2. The zero-order valence-corrected chi connectivity index (χ0v) is 16.0. The first-order valence-corrected chi connectivity index (χ1v) is 8.93. The Labute approximate surface area is 164 Å². The molecule has 3 N–H and O–H groups in total. The lowest BCUT2D eigenvalue weighted by atomic mass is 10.1. The van der Waals surface area contributed by atoms with Crippen LogP contribution in [0.2, 0.25) is 0 Å². The largest absolute Gasteiger partial charge is 0.507 e. The minimum Gasteiger partial charge on any atom is -0.507 e. The van der Waals surface area contributed by atoms with Gasteiger partial charge in [-0.1, -0.05) is 40.2 Å². The van der Waals surface area contributed by atoms with Crippen LogP contribution in [0.3, 0.4) is 0 Å². The molecule has 0 aliphatic rings. The van der Waals surface area contributed by atoms with Crippen LogP contribution in [0.5, 0.6) is 11.5 Å². The predicted molar refractivity (Wildman–Crippen MR) is 106 cm³/mol. The third-order valence-corrected chi connectivity index (χ3v) is 4.41. The number of hydrazine groups is 1. The summed E-state index contributed by atoms with van der Waals surface area (Å²) in [7, 11) is 0. The van der Waals surface area contributed by atoms with Gasteiger partial charge in [0.05, 0.1) is 5.56 Å². The van der Waals surface area contributed by atoms with E-state index in [1.807, 2.05) is 43.3 Å². The number of halogens is 1. The van der Waals surface area contributed by atoms with E-state index in [1.54, 1.807) is 12.1 Å². The van der Waals surface area contributed by atoms with Gasteiger partial charge >= 0.3 is 0 Å². The molecule has 3 rings (SSSR count). The van der Waals surface area contributed by atoms with Gasteiger partial charge in [-0.15, -0.1) is 0 Å². The van der Waals surface area contributed by atoms with E-state index < -0.39 is 11.8 Å². The van der Waals surface area contributed by atoms with Crippen LogP contribution < -0.4 is 15.6 Å². The summed E-state index contributed by atoms with van der Waals surface area (Å²) in [6, 6.07) is 15.8. The summed E-state index contributed by atoms with van der Waals surface area (Å²) < 4.78 is 6.36. The number of aromatic hydroxyl groups is 1. The summed E-state index contributed by atoms with van der Waals surface area (Å²) in [6.07, 6.45) is 0. The van der Waals surface area contributed by atoms with Crippen molar-refractivity contribution in [3.63, 3.8) is 0 Å². The standard InChI is InChI=1S/C20H17BrN2O4/c1-12-8-15(21)6-7-18(12)27-11-19(25)22-23-20(26)16-9-13-4-2-3-5-14(13)10-17(16)24/h2-10,24H,11H2,1H3,(H,22,25)(H,23,26). The molecular formula is C20H17BrN2O4. The third kappa shape index (κ3) is 4.57. The molecule has 0 bridgehead atoms. The van der Waals surface area contributed by atoms with Gasteiger partial charge in [0.1, 0.15) is 11.5 Å². The quantitative estimate of drug-likeness (QED) is 0.555. The smallest absolute Gasteiger partial charge is 0.276 e. The molecule has 0 saturated heterocycles. The second kappa shape index (κ2) is 8.09. The van der Waals surface area contributed by atoms with Gasteiger partial charge in [-0.3, -0.25) is 20.4 Å². The summed E-state index contributed by atoms with van der Waals surface area (Å²) in [5, 5.41) is 11.7. The Morgan fingerprint density at radius 3 is 2.44 bits per heavy atom. The Balaban J connectivity index is 1.58. The Bertz CT molecular complexity index is 1020. The van der Waals surface area contributed by atoms with E-state index in [1.165, 1.54) is 6.07 Å². The average molecular weight is 429 g/mol. The van der Waals surface area contributed by atoms with Crippen LogP contribution in [-0.2, 0) is 4.79 Å². The van der Waals surface area contributed by atoms with E-state index in [0.717, 1.165) is 20.8 Å². The van der Waals surface area contributed by atoms with Gasteiger partial charge < -0.3 is 9.84 Å². The zero-order chi connectivity index (χ0) is 19.4. The number of ether oxygens (including phenoxy) is 1. The van der Waals surface area contributed by atoms with Crippen molar-refractivity contribution in [2.75, 3.05) is 6.61 Å². The molecule has 0 aliphatic carbocycles. The van der Waals surface area contributed by atoms with Crippen LogP contribution in [-0.4, -0.2) is 23.5 Å². The molecule has 0 aromatic heterocycles. The number of rotatable bonds is 4. The fourth-order valence-corrected chi connectivity index (χ4v) is 3.03. The molecule has 27 heavy (non-hydrogen) atoms. The highest BCUT2D eigenvalue weighted by atomic mass is 79.9. The van der Waals surface area contributed by atoms with Crippen LogP contribution in [0, 0.1) is 6.92 Å². The number of carbonyl (C=O) groups excluding carboxylic acids is 2. The normalized spacial score (nSPS) is 10.4. The lowest BCUT2D eigenvalue weighted by Crippen LogP contribution is -2.43. The lowest BCUT2D eigenvalue weighted by Gasteiger charge is -2.11. The number of phenolic OH excluding ortho intramolecular Hbond substituents is 1. The third-order valence-electron chi connectivity index (χ3n) is 3.92. The Hall–Kier alpha value is -3.06. The van der Waals surface area contributed by atoms with Gasteiger partial charge in [0.15, 0.2) is 6.61 Å². The summed E-state index contributed by atoms with van der Waals surface area (Å²) in [4.78, 5) is 24.2. The van der Waals surface area contributed by atoms with E-state index in [9.17, 15) is 14.7 Å². The monoisotopic (exact) mass is 428 g/mol. The van der Waals surface area contributed by atoms with Gasteiger partial charge in [-0.2, -0.15) is 0 Å². The fourth-order valence-electron chi connectivity index (χ4n) is 2.56. The van der Waals surface area contributed by atoms with Crippen molar-refractivity contribution in [1.82, 2.24) is 10.9 Å². The SMILES string of the molecule is Cc1cc(Br)ccc1OCC(=O)NNC(=O)c1cc2ccccc2cc1O. The number of hydrogen-bond acceptors (Lipinski definition) is 4. The first-order chi connectivity index (χ1) is 12.9. The topological polar surface area (TPSA) is 87.7 Å². The number of aryl methyl sites for hydroxylation is 1. The van der Waals surface area contributed by atoms with Gasteiger partial charge in [0.2, 0.25) is 0 Å². The van der Waals surface area contributed by atoms with Crippen LogP contribution in [0.4, 0.5) is 0 Å². The van der Waals surface area contributed by atoms with Crippen molar-refractivity contribution in [1.29, 1.82) is 0 Å². The maximum Gasteiger partial charge on any atom is 0.276 e. The number of carbonyl (C=O) groups is 2. The van der Waals surface area contributed by atoms with Crippen molar-refractivity contribution < 1.29 is 19.4 Å². The minimum absolute atomic E-state index is 0.0682. The van der Waals surface area contributed by atoms with E-state index in [4.69, 9.17) is 4.74 Å². The molecule has 3 aromatic carbocycles. The van der Waals surface area contributed by atoms with E-state index in [0.29, 0.717) is 5.75 Å².